The number of carboxylic acids is 2. The van der Waals surface area contributed by atoms with Crippen molar-refractivity contribution in [1.82, 2.24) is 0 Å². The lowest BCUT2D eigenvalue weighted by molar-refractivity contribution is 0.0173. The molecule has 0 aromatic heterocycles. The highest BCUT2D eigenvalue weighted by Gasteiger charge is 2.35. The Morgan fingerprint density at radius 1 is 0.929 bits per heavy atom. The first-order valence-corrected chi connectivity index (χ1v) is 10.2. The van der Waals surface area contributed by atoms with Crippen LogP contribution in [0, 0.1) is 36.5 Å². The van der Waals surface area contributed by atoms with Gasteiger partial charge in [-0.05, 0) is 80.4 Å². The number of aryl methyl sites for hydroxylation is 1. The maximum atomic E-state index is 10.6. The highest BCUT2D eigenvalue weighted by molar-refractivity contribution is 5.94. The zero-order valence-corrected chi connectivity index (χ0v) is 18.0. The molecule has 0 radical (unpaired) electrons. The average Bonchev–Trinajstić information content (AvgIpc) is 2.61. The lowest BCUT2D eigenvalue weighted by Gasteiger charge is -2.41. The van der Waals surface area contributed by atoms with Gasteiger partial charge in [0, 0.05) is 0 Å². The normalized spacial score (nSPS) is 23.1. The number of benzene rings is 1. The highest BCUT2D eigenvalue weighted by Crippen LogP contribution is 2.42. The Bertz CT molecular complexity index is 663. The minimum Gasteiger partial charge on any atom is -0.478 e. The summed E-state index contributed by atoms with van der Waals surface area (Å²) in [5.41, 5.74) is 0.570. The lowest BCUT2D eigenvalue weighted by Crippen LogP contribution is -2.36. The molecule has 0 spiro atoms. The topological polar surface area (TPSA) is 94.8 Å². The van der Waals surface area contributed by atoms with E-state index in [0.29, 0.717) is 17.4 Å². The minimum absolute atomic E-state index is 0.0111. The van der Waals surface area contributed by atoms with Gasteiger partial charge in [-0.25, -0.2) is 9.59 Å². The van der Waals surface area contributed by atoms with E-state index in [4.69, 9.17) is 10.2 Å². The fourth-order valence-electron chi connectivity index (χ4n) is 4.22. The molecule has 28 heavy (non-hydrogen) atoms. The number of aromatic carboxylic acids is 2. The molecule has 0 bridgehead atoms. The minimum atomic E-state index is -1.12. The van der Waals surface area contributed by atoms with Gasteiger partial charge in [-0.2, -0.15) is 0 Å². The molecule has 2 rings (SSSR count). The van der Waals surface area contributed by atoms with E-state index < -0.39 is 11.9 Å². The molecular formula is C23H36O5. The van der Waals surface area contributed by atoms with Crippen LogP contribution >= 0.6 is 0 Å². The Labute approximate surface area is 168 Å². The predicted octanol–water partition coefficient (Wildman–Crippen LogP) is 5.10. The summed E-state index contributed by atoms with van der Waals surface area (Å²) in [6, 6.07) is 4.01. The second-order valence-corrected chi connectivity index (χ2v) is 8.77. The molecule has 158 valence electrons. The Kier molecular flexibility index (Phi) is 9.15. The van der Waals surface area contributed by atoms with Crippen molar-refractivity contribution in [2.45, 2.75) is 66.9 Å². The van der Waals surface area contributed by atoms with E-state index >= 15 is 0 Å². The van der Waals surface area contributed by atoms with E-state index in [0.717, 1.165) is 23.8 Å². The average molecular weight is 393 g/mol. The van der Waals surface area contributed by atoms with Crippen molar-refractivity contribution in [3.05, 3.63) is 34.9 Å². The monoisotopic (exact) mass is 392 g/mol. The van der Waals surface area contributed by atoms with Crippen molar-refractivity contribution in [1.29, 1.82) is 0 Å². The second kappa shape index (κ2) is 10.6. The van der Waals surface area contributed by atoms with Gasteiger partial charge >= 0.3 is 11.9 Å². The van der Waals surface area contributed by atoms with Crippen LogP contribution in [0.5, 0.6) is 0 Å². The molecule has 3 N–H and O–H groups in total. The summed E-state index contributed by atoms with van der Waals surface area (Å²) in [6.45, 7) is 12.9. The van der Waals surface area contributed by atoms with Crippen LogP contribution in [0.15, 0.2) is 18.2 Å². The molecular weight excluding hydrogens is 356 g/mol. The van der Waals surface area contributed by atoms with E-state index in [1.807, 2.05) is 6.92 Å². The van der Waals surface area contributed by atoms with Gasteiger partial charge in [0.25, 0.3) is 0 Å². The standard InChI is InChI=1S/C14H28O.C9H8O4/c1-9(2)12-6-7-13(11(5)15)14(8-12)10(3)4;1-5-2-3-6(8(10)11)4-7(5)9(12)13/h9-15H,6-8H2,1-5H3;2-4H,1H3,(H,10,11)(H,12,13). The van der Waals surface area contributed by atoms with Gasteiger partial charge in [0.2, 0.25) is 0 Å². The van der Waals surface area contributed by atoms with Crippen molar-refractivity contribution in [3.63, 3.8) is 0 Å². The number of hydrogen-bond donors (Lipinski definition) is 3. The van der Waals surface area contributed by atoms with E-state index in [-0.39, 0.29) is 17.2 Å². The quantitative estimate of drug-likeness (QED) is 0.648. The van der Waals surface area contributed by atoms with Crippen LogP contribution in [0.3, 0.4) is 0 Å². The third kappa shape index (κ3) is 6.62. The van der Waals surface area contributed by atoms with Crippen LogP contribution in [0.2, 0.25) is 0 Å². The fraction of sp³-hybridized carbons (Fsp3) is 0.652. The molecule has 1 fully saturated rings. The molecule has 1 aliphatic rings. The summed E-state index contributed by atoms with van der Waals surface area (Å²) in [6.07, 6.45) is 3.75. The van der Waals surface area contributed by atoms with Crippen molar-refractivity contribution in [2.75, 3.05) is 0 Å². The first kappa shape index (κ1) is 24.2. The lowest BCUT2D eigenvalue weighted by atomic mass is 9.65. The van der Waals surface area contributed by atoms with Gasteiger partial charge in [-0.15, -0.1) is 0 Å². The molecule has 1 aromatic carbocycles. The molecule has 5 heteroatoms. The van der Waals surface area contributed by atoms with Crippen molar-refractivity contribution >= 4 is 11.9 Å². The number of carboxylic acid groups (broad SMARTS) is 2. The van der Waals surface area contributed by atoms with Crippen LogP contribution in [0.1, 0.15) is 80.2 Å². The summed E-state index contributed by atoms with van der Waals surface area (Å²) < 4.78 is 0. The van der Waals surface area contributed by atoms with Gasteiger partial charge in [0.15, 0.2) is 0 Å². The van der Waals surface area contributed by atoms with Gasteiger partial charge in [-0.1, -0.05) is 33.8 Å². The Hall–Kier alpha value is -1.88. The molecule has 0 heterocycles. The maximum absolute atomic E-state index is 10.6. The number of carbonyl (C=O) groups is 2. The molecule has 5 nitrogen and oxygen atoms in total. The zero-order valence-electron chi connectivity index (χ0n) is 18.0. The number of rotatable bonds is 5. The first-order chi connectivity index (χ1) is 13.0. The molecule has 1 aromatic rings. The van der Waals surface area contributed by atoms with Crippen LogP contribution in [-0.2, 0) is 0 Å². The molecule has 0 amide bonds. The summed E-state index contributed by atoms with van der Waals surface area (Å²) in [7, 11) is 0. The predicted molar refractivity (Wildman–Crippen MR) is 111 cm³/mol. The molecule has 1 saturated carbocycles. The summed E-state index contributed by atoms with van der Waals surface area (Å²) >= 11 is 0. The molecule has 0 aliphatic heterocycles. The summed E-state index contributed by atoms with van der Waals surface area (Å²) in [5.74, 6) is 1.44. The van der Waals surface area contributed by atoms with Crippen molar-refractivity contribution < 1.29 is 24.9 Å². The van der Waals surface area contributed by atoms with E-state index in [9.17, 15) is 14.7 Å². The zero-order chi connectivity index (χ0) is 21.6. The van der Waals surface area contributed by atoms with Crippen molar-refractivity contribution in [2.24, 2.45) is 29.6 Å². The number of hydrogen-bond acceptors (Lipinski definition) is 3. The third-order valence-electron chi connectivity index (χ3n) is 6.13. The van der Waals surface area contributed by atoms with Crippen LogP contribution < -0.4 is 0 Å². The molecule has 4 unspecified atom stereocenters. The highest BCUT2D eigenvalue weighted by atomic mass is 16.4. The molecule has 1 aliphatic carbocycles. The van der Waals surface area contributed by atoms with E-state index in [1.54, 1.807) is 6.92 Å². The third-order valence-corrected chi connectivity index (χ3v) is 6.13. The summed E-state index contributed by atoms with van der Waals surface area (Å²) in [4.78, 5) is 21.1. The molecule has 4 atom stereocenters. The first-order valence-electron chi connectivity index (χ1n) is 10.2. The van der Waals surface area contributed by atoms with Crippen molar-refractivity contribution in [3.8, 4) is 0 Å². The number of aliphatic hydroxyl groups excluding tert-OH is 1. The largest absolute Gasteiger partial charge is 0.478 e. The van der Waals surface area contributed by atoms with Crippen LogP contribution in [0.4, 0.5) is 0 Å². The van der Waals surface area contributed by atoms with Crippen LogP contribution in [0.25, 0.3) is 0 Å². The maximum Gasteiger partial charge on any atom is 0.335 e. The van der Waals surface area contributed by atoms with E-state index in [2.05, 4.69) is 27.7 Å². The molecule has 0 saturated heterocycles. The number of aliphatic hydroxyl groups is 1. The fourth-order valence-corrected chi connectivity index (χ4v) is 4.22. The van der Waals surface area contributed by atoms with Crippen LogP contribution in [-0.4, -0.2) is 33.4 Å². The Morgan fingerprint density at radius 2 is 1.54 bits per heavy atom. The van der Waals surface area contributed by atoms with Gasteiger partial charge in [-0.3, -0.25) is 0 Å². The summed E-state index contributed by atoms with van der Waals surface area (Å²) in [5, 5.41) is 27.1. The second-order valence-electron chi connectivity index (χ2n) is 8.77. The smallest absolute Gasteiger partial charge is 0.335 e. The Balaban J connectivity index is 0.000000283. The SMILES string of the molecule is CC(C)C1CCC(C(C)O)C(C(C)C)C1.Cc1ccc(C(=O)O)cc1C(=O)O. The van der Waals surface area contributed by atoms with Gasteiger partial charge < -0.3 is 15.3 Å². The Morgan fingerprint density at radius 3 is 1.96 bits per heavy atom. The van der Waals surface area contributed by atoms with Gasteiger partial charge in [0.1, 0.15) is 0 Å². The van der Waals surface area contributed by atoms with E-state index in [1.165, 1.54) is 31.4 Å². The van der Waals surface area contributed by atoms with Gasteiger partial charge in [0.05, 0.1) is 17.2 Å².